The molecule has 1 amide bonds. The minimum absolute atomic E-state index is 0.0465. The molecule has 2 aliphatic rings. The number of nitrogens with zero attached hydrogens (tertiary/aromatic N) is 1. The van der Waals surface area contributed by atoms with Gasteiger partial charge in [0, 0.05) is 17.7 Å². The lowest BCUT2D eigenvalue weighted by Gasteiger charge is -2.40. The Bertz CT molecular complexity index is 1160. The van der Waals surface area contributed by atoms with Crippen LogP contribution < -0.4 is 18.9 Å². The number of carbonyl (C=O) groups excluding carboxylic acids is 2. The van der Waals surface area contributed by atoms with Crippen LogP contribution in [0.15, 0.2) is 24.3 Å². The molecule has 2 aromatic carbocycles. The van der Waals surface area contributed by atoms with E-state index in [2.05, 4.69) is 0 Å². The van der Waals surface area contributed by atoms with E-state index >= 15 is 0 Å². The molecule has 0 bridgehead atoms. The van der Waals surface area contributed by atoms with Crippen LogP contribution in [0.2, 0.25) is 0 Å². The number of hydrogen-bond donors (Lipinski definition) is 0. The Morgan fingerprint density at radius 1 is 0.943 bits per heavy atom. The molecule has 8 nitrogen and oxygen atoms in total. The molecule has 0 aromatic heterocycles. The van der Waals surface area contributed by atoms with Gasteiger partial charge in [0.05, 0.1) is 40.9 Å². The van der Waals surface area contributed by atoms with Crippen LogP contribution in [-0.2, 0) is 27.2 Å². The number of alkyl halides is 3. The summed E-state index contributed by atoms with van der Waals surface area (Å²) in [5, 5.41) is 0. The van der Waals surface area contributed by atoms with Crippen molar-refractivity contribution in [2.45, 2.75) is 31.2 Å². The molecule has 0 saturated heterocycles. The quantitative estimate of drug-likeness (QED) is 0.587. The monoisotopic (exact) mass is 495 g/mol. The first-order valence-electron chi connectivity index (χ1n) is 10.7. The van der Waals surface area contributed by atoms with Crippen LogP contribution in [-0.4, -0.2) is 57.9 Å². The van der Waals surface area contributed by atoms with Crippen molar-refractivity contribution in [3.8, 4) is 23.0 Å². The second-order valence-electron chi connectivity index (χ2n) is 8.06. The highest BCUT2D eigenvalue weighted by molar-refractivity contribution is 5.84. The summed E-state index contributed by atoms with van der Waals surface area (Å²) in [6.07, 6.45) is -6.44. The number of ether oxygens (including phenoxy) is 5. The van der Waals surface area contributed by atoms with E-state index in [9.17, 15) is 22.8 Å². The van der Waals surface area contributed by atoms with Gasteiger partial charge in [-0.15, -0.1) is 0 Å². The normalized spacial score (nSPS) is 19.1. The van der Waals surface area contributed by atoms with Crippen molar-refractivity contribution in [2.24, 2.45) is 0 Å². The number of hydrogen-bond acceptors (Lipinski definition) is 7. The van der Waals surface area contributed by atoms with Crippen molar-refractivity contribution in [1.82, 2.24) is 4.90 Å². The molecular weight excluding hydrogens is 471 g/mol. The fraction of sp³-hybridized carbons (Fsp3) is 0.417. The number of fused-ring (bicyclic) bond motifs is 4. The van der Waals surface area contributed by atoms with Crippen LogP contribution in [0.3, 0.4) is 0 Å². The molecule has 2 aromatic rings. The third kappa shape index (κ3) is 4.19. The first-order chi connectivity index (χ1) is 16.6. The van der Waals surface area contributed by atoms with Crippen molar-refractivity contribution >= 4 is 11.9 Å². The summed E-state index contributed by atoms with van der Waals surface area (Å²) in [6.45, 7) is 0.194. The average Bonchev–Trinajstić information content (AvgIpc) is 2.99. The van der Waals surface area contributed by atoms with Crippen molar-refractivity contribution < 1.29 is 46.4 Å². The van der Waals surface area contributed by atoms with Gasteiger partial charge in [0.1, 0.15) is 0 Å². The summed E-state index contributed by atoms with van der Waals surface area (Å²) < 4.78 is 66.6. The van der Waals surface area contributed by atoms with Crippen molar-refractivity contribution in [3.63, 3.8) is 0 Å². The van der Waals surface area contributed by atoms with E-state index in [1.165, 1.54) is 39.4 Å². The van der Waals surface area contributed by atoms with Crippen LogP contribution >= 0.6 is 0 Å². The van der Waals surface area contributed by atoms with Gasteiger partial charge in [-0.05, 0) is 35.7 Å². The summed E-state index contributed by atoms with van der Waals surface area (Å²) in [5.74, 6) is -1.40. The van der Waals surface area contributed by atoms with Gasteiger partial charge >= 0.3 is 12.1 Å². The first kappa shape index (κ1) is 24.5. The minimum atomic E-state index is -5.23. The average molecular weight is 495 g/mol. The molecule has 0 fully saturated rings. The summed E-state index contributed by atoms with van der Waals surface area (Å²) >= 11 is 0. The summed E-state index contributed by atoms with van der Waals surface area (Å²) in [5.41, 5.74) is 1.84. The molecule has 11 heteroatoms. The van der Waals surface area contributed by atoms with Gasteiger partial charge in [0.2, 0.25) is 5.91 Å². The molecule has 35 heavy (non-hydrogen) atoms. The predicted octanol–water partition coefficient (Wildman–Crippen LogP) is 3.55. The lowest BCUT2D eigenvalue weighted by molar-refractivity contribution is -0.208. The fourth-order valence-corrected chi connectivity index (χ4v) is 4.77. The number of rotatable bonds is 5. The van der Waals surface area contributed by atoms with E-state index in [1.807, 2.05) is 0 Å². The van der Waals surface area contributed by atoms with E-state index in [0.29, 0.717) is 45.9 Å². The van der Waals surface area contributed by atoms with Crippen LogP contribution in [0.4, 0.5) is 13.2 Å². The van der Waals surface area contributed by atoms with Gasteiger partial charge in [0.15, 0.2) is 29.1 Å². The summed E-state index contributed by atoms with van der Waals surface area (Å²) in [7, 11) is 5.68. The Kier molecular flexibility index (Phi) is 6.44. The second kappa shape index (κ2) is 9.20. The highest BCUT2D eigenvalue weighted by atomic mass is 19.4. The maximum absolute atomic E-state index is 13.3. The molecule has 2 unspecified atom stereocenters. The second-order valence-corrected chi connectivity index (χ2v) is 8.06. The van der Waals surface area contributed by atoms with Crippen LogP contribution in [0.5, 0.6) is 23.0 Å². The number of carbonyl (C=O) groups is 2. The van der Waals surface area contributed by atoms with Crippen LogP contribution in [0.1, 0.15) is 34.4 Å². The number of halogens is 3. The lowest BCUT2D eigenvalue weighted by atomic mass is 9.85. The zero-order valence-corrected chi connectivity index (χ0v) is 19.5. The number of amides is 1. The first-order valence-corrected chi connectivity index (χ1v) is 10.7. The number of benzene rings is 2. The van der Waals surface area contributed by atoms with Crippen molar-refractivity contribution in [3.05, 3.63) is 46.5 Å². The summed E-state index contributed by atoms with van der Waals surface area (Å²) in [6, 6.07) is 5.35. The SMILES string of the molecule is COc1cc2c(cc1OC)C(OC(=O)C(F)(F)F)C1c3ccc(OC)c(OC)c3CC(=O)N1CC2. The Labute approximate surface area is 199 Å². The standard InChI is InChI=1S/C24H24F3NO7/c1-31-16-6-5-13-15(21(16)34-4)11-19(29)28-8-7-12-9-17(32-2)18(33-3)10-14(12)22(20(13)28)35-23(30)24(25,26)27/h5-6,9-10,20,22H,7-8,11H2,1-4H3. The molecule has 0 N–H and O–H groups in total. The molecular formula is C24H24F3NO7. The van der Waals surface area contributed by atoms with Gasteiger partial charge in [0.25, 0.3) is 0 Å². The van der Waals surface area contributed by atoms with E-state index in [1.54, 1.807) is 18.2 Å². The van der Waals surface area contributed by atoms with E-state index in [-0.39, 0.29) is 24.6 Å². The Hall–Kier alpha value is -3.63. The van der Waals surface area contributed by atoms with Crippen LogP contribution in [0.25, 0.3) is 0 Å². The molecule has 2 aliphatic heterocycles. The van der Waals surface area contributed by atoms with E-state index in [0.717, 1.165) is 0 Å². The molecule has 2 atom stereocenters. The van der Waals surface area contributed by atoms with Gasteiger partial charge in [-0.2, -0.15) is 13.2 Å². The molecule has 0 saturated carbocycles. The fourth-order valence-electron chi connectivity index (χ4n) is 4.77. The van der Waals surface area contributed by atoms with E-state index < -0.39 is 24.3 Å². The molecule has 0 spiro atoms. The topological polar surface area (TPSA) is 83.5 Å². The van der Waals surface area contributed by atoms with Gasteiger partial charge in [-0.3, -0.25) is 4.79 Å². The Balaban J connectivity index is 1.96. The zero-order chi connectivity index (χ0) is 25.5. The van der Waals surface area contributed by atoms with Crippen molar-refractivity contribution in [1.29, 1.82) is 0 Å². The third-order valence-corrected chi connectivity index (χ3v) is 6.31. The Morgan fingerprint density at radius 2 is 1.60 bits per heavy atom. The van der Waals surface area contributed by atoms with Gasteiger partial charge in [-0.1, -0.05) is 6.07 Å². The Morgan fingerprint density at radius 3 is 2.20 bits per heavy atom. The largest absolute Gasteiger partial charge is 0.493 e. The number of esters is 1. The predicted molar refractivity (Wildman–Crippen MR) is 116 cm³/mol. The maximum Gasteiger partial charge on any atom is 0.490 e. The van der Waals surface area contributed by atoms with Gasteiger partial charge in [-0.25, -0.2) is 4.79 Å². The highest BCUT2D eigenvalue weighted by Crippen LogP contribution is 2.50. The molecule has 0 aliphatic carbocycles. The smallest absolute Gasteiger partial charge is 0.490 e. The third-order valence-electron chi connectivity index (χ3n) is 6.31. The molecule has 2 heterocycles. The van der Waals surface area contributed by atoms with Crippen molar-refractivity contribution in [2.75, 3.05) is 35.0 Å². The summed E-state index contributed by atoms with van der Waals surface area (Å²) in [4.78, 5) is 26.8. The highest BCUT2D eigenvalue weighted by Gasteiger charge is 2.48. The molecule has 4 rings (SSSR count). The van der Waals surface area contributed by atoms with E-state index in [4.69, 9.17) is 23.7 Å². The van der Waals surface area contributed by atoms with Crippen LogP contribution in [0, 0.1) is 0 Å². The molecule has 188 valence electrons. The minimum Gasteiger partial charge on any atom is -0.493 e. The molecule has 0 radical (unpaired) electrons. The number of methoxy groups -OCH3 is 4. The zero-order valence-electron chi connectivity index (χ0n) is 19.5. The lowest BCUT2D eigenvalue weighted by Crippen LogP contribution is -2.44. The maximum atomic E-state index is 13.3. The van der Waals surface area contributed by atoms with Gasteiger partial charge < -0.3 is 28.6 Å².